The molecule has 150 valence electrons. The van der Waals surface area contributed by atoms with Crippen molar-refractivity contribution in [2.45, 2.75) is 26.1 Å². The number of carbonyl (C=O) groups excluding carboxylic acids is 1. The minimum atomic E-state index is -4.83. The summed E-state index contributed by atoms with van der Waals surface area (Å²) >= 11 is 0. The van der Waals surface area contributed by atoms with Crippen LogP contribution in [0.3, 0.4) is 0 Å². The van der Waals surface area contributed by atoms with Gasteiger partial charge < -0.3 is 4.90 Å². The van der Waals surface area contributed by atoms with E-state index in [-0.39, 0.29) is 24.5 Å². The molecular weight excluding hydrogens is 365 g/mol. The molecule has 1 aliphatic heterocycles. The molecule has 1 aliphatic rings. The molecular formula is C22H25F3N2O. The average Bonchev–Trinajstić information content (AvgIpc) is 2.65. The van der Waals surface area contributed by atoms with Crippen LogP contribution in [0.5, 0.6) is 0 Å². The van der Waals surface area contributed by atoms with Crippen LogP contribution in [0.1, 0.15) is 31.0 Å². The summed E-state index contributed by atoms with van der Waals surface area (Å²) in [5.74, 6) is -1.75. The second-order valence-electron chi connectivity index (χ2n) is 7.76. The number of halogens is 3. The predicted octanol–water partition coefficient (Wildman–Crippen LogP) is 4.51. The number of nitrogens with zero attached hydrogens (tertiary/aromatic N) is 2. The van der Waals surface area contributed by atoms with E-state index in [1.54, 1.807) is 6.92 Å². The Morgan fingerprint density at radius 2 is 1.50 bits per heavy atom. The maximum absolute atomic E-state index is 12.8. The lowest BCUT2D eigenvalue weighted by atomic mass is 9.78. The lowest BCUT2D eigenvalue weighted by Crippen LogP contribution is -2.61. The Labute approximate surface area is 163 Å². The highest BCUT2D eigenvalue weighted by atomic mass is 19.4. The van der Waals surface area contributed by atoms with Crippen molar-refractivity contribution in [3.8, 4) is 0 Å². The average molecular weight is 390 g/mol. The molecule has 1 amide bonds. The number of benzene rings is 2. The summed E-state index contributed by atoms with van der Waals surface area (Å²) < 4.78 is 38.5. The third kappa shape index (κ3) is 4.38. The van der Waals surface area contributed by atoms with Gasteiger partial charge in [0.2, 0.25) is 0 Å². The van der Waals surface area contributed by atoms with Gasteiger partial charge in [0, 0.05) is 31.6 Å². The highest BCUT2D eigenvalue weighted by molar-refractivity contribution is 5.81. The first kappa shape index (κ1) is 20.4. The van der Waals surface area contributed by atoms with Crippen molar-refractivity contribution in [3.63, 3.8) is 0 Å². The van der Waals surface area contributed by atoms with Crippen LogP contribution in [0.2, 0.25) is 0 Å². The van der Waals surface area contributed by atoms with Gasteiger partial charge in [0.15, 0.2) is 0 Å². The van der Waals surface area contributed by atoms with E-state index in [0.29, 0.717) is 13.1 Å². The zero-order valence-corrected chi connectivity index (χ0v) is 16.1. The standard InChI is InChI=1S/C22H25F3N2O/c1-3-26(20(28)22(23,24)25)14-21(2)15-27(16-21)19(17-10-6-4-7-11-17)18-12-8-5-9-13-18/h4-13,19H,3,14-16H2,1-2H3. The van der Waals surface area contributed by atoms with Crippen LogP contribution < -0.4 is 0 Å². The van der Waals surface area contributed by atoms with Crippen LogP contribution in [-0.2, 0) is 4.79 Å². The Hall–Kier alpha value is -2.34. The number of hydrogen-bond donors (Lipinski definition) is 0. The molecule has 6 heteroatoms. The van der Waals surface area contributed by atoms with Crippen molar-refractivity contribution in [1.29, 1.82) is 0 Å². The Morgan fingerprint density at radius 1 is 1.04 bits per heavy atom. The molecule has 1 fully saturated rings. The summed E-state index contributed by atoms with van der Waals surface area (Å²) in [7, 11) is 0. The molecule has 0 aromatic heterocycles. The minimum absolute atomic E-state index is 0.0452. The van der Waals surface area contributed by atoms with Gasteiger partial charge in [-0.3, -0.25) is 9.69 Å². The van der Waals surface area contributed by atoms with E-state index in [2.05, 4.69) is 29.2 Å². The topological polar surface area (TPSA) is 23.6 Å². The van der Waals surface area contributed by atoms with Crippen LogP contribution in [-0.4, -0.2) is 48.1 Å². The first-order valence-corrected chi connectivity index (χ1v) is 9.43. The number of rotatable bonds is 6. The molecule has 28 heavy (non-hydrogen) atoms. The van der Waals surface area contributed by atoms with Crippen LogP contribution in [0.15, 0.2) is 60.7 Å². The summed E-state index contributed by atoms with van der Waals surface area (Å²) in [6.45, 7) is 4.94. The summed E-state index contributed by atoms with van der Waals surface area (Å²) in [4.78, 5) is 14.8. The molecule has 3 rings (SSSR count). The summed E-state index contributed by atoms with van der Waals surface area (Å²) in [6.07, 6.45) is -4.83. The number of carbonyl (C=O) groups is 1. The van der Waals surface area contributed by atoms with Gasteiger partial charge in [0.25, 0.3) is 0 Å². The van der Waals surface area contributed by atoms with E-state index in [1.165, 1.54) is 0 Å². The molecule has 0 atom stereocenters. The van der Waals surface area contributed by atoms with E-state index in [1.807, 2.05) is 43.3 Å². The number of likely N-dealkylation sites (tertiary alicyclic amines) is 1. The monoisotopic (exact) mass is 390 g/mol. The van der Waals surface area contributed by atoms with Crippen LogP contribution >= 0.6 is 0 Å². The Morgan fingerprint density at radius 3 is 1.89 bits per heavy atom. The zero-order valence-electron chi connectivity index (χ0n) is 16.1. The van der Waals surface area contributed by atoms with Gasteiger partial charge in [-0.2, -0.15) is 13.2 Å². The predicted molar refractivity (Wildman–Crippen MR) is 103 cm³/mol. The maximum Gasteiger partial charge on any atom is 0.471 e. The lowest BCUT2D eigenvalue weighted by Gasteiger charge is -2.53. The van der Waals surface area contributed by atoms with Gasteiger partial charge in [0.1, 0.15) is 0 Å². The van der Waals surface area contributed by atoms with Gasteiger partial charge in [0.05, 0.1) is 6.04 Å². The van der Waals surface area contributed by atoms with Crippen molar-refractivity contribution in [2.24, 2.45) is 5.41 Å². The van der Waals surface area contributed by atoms with Gasteiger partial charge in [-0.25, -0.2) is 0 Å². The van der Waals surface area contributed by atoms with Gasteiger partial charge >= 0.3 is 12.1 Å². The second-order valence-corrected chi connectivity index (χ2v) is 7.76. The van der Waals surface area contributed by atoms with Crippen molar-refractivity contribution < 1.29 is 18.0 Å². The Bertz CT molecular complexity index is 747. The van der Waals surface area contributed by atoms with E-state index in [9.17, 15) is 18.0 Å². The smallest absolute Gasteiger partial charge is 0.335 e. The Kier molecular flexibility index (Phi) is 5.79. The fourth-order valence-electron chi connectivity index (χ4n) is 4.07. The number of amides is 1. The second kappa shape index (κ2) is 7.95. The minimum Gasteiger partial charge on any atom is -0.335 e. The van der Waals surface area contributed by atoms with Crippen molar-refractivity contribution in [3.05, 3.63) is 71.8 Å². The lowest BCUT2D eigenvalue weighted by molar-refractivity contribution is -0.188. The molecule has 0 aliphatic carbocycles. The Balaban J connectivity index is 1.75. The van der Waals surface area contributed by atoms with E-state index in [4.69, 9.17) is 0 Å². The number of alkyl halides is 3. The van der Waals surface area contributed by atoms with Crippen LogP contribution in [0, 0.1) is 5.41 Å². The normalized spacial score (nSPS) is 16.6. The molecule has 3 nitrogen and oxygen atoms in total. The highest BCUT2D eigenvalue weighted by Crippen LogP contribution is 2.40. The molecule has 1 saturated heterocycles. The molecule has 0 radical (unpaired) electrons. The van der Waals surface area contributed by atoms with Crippen molar-refractivity contribution >= 4 is 5.91 Å². The van der Waals surface area contributed by atoms with E-state index >= 15 is 0 Å². The van der Waals surface area contributed by atoms with Gasteiger partial charge in [-0.05, 0) is 18.1 Å². The van der Waals surface area contributed by atoms with Crippen LogP contribution in [0.25, 0.3) is 0 Å². The summed E-state index contributed by atoms with van der Waals surface area (Å²) in [6, 6.07) is 20.2. The number of hydrogen-bond acceptors (Lipinski definition) is 2. The summed E-state index contributed by atoms with van der Waals surface area (Å²) in [5, 5.41) is 0. The van der Waals surface area contributed by atoms with Crippen LogP contribution in [0.4, 0.5) is 13.2 Å². The molecule has 0 saturated carbocycles. The third-order valence-electron chi connectivity index (χ3n) is 5.25. The quantitative estimate of drug-likeness (QED) is 0.725. The fraction of sp³-hybridized carbons (Fsp3) is 0.409. The fourth-order valence-corrected chi connectivity index (χ4v) is 4.07. The SMILES string of the molecule is CCN(CC1(C)CN(C(c2ccccc2)c2ccccc2)C1)C(=O)C(F)(F)F. The molecule has 0 bridgehead atoms. The van der Waals surface area contributed by atoms with Crippen molar-refractivity contribution in [1.82, 2.24) is 9.80 Å². The zero-order chi connectivity index (χ0) is 20.4. The molecule has 0 N–H and O–H groups in total. The first-order valence-electron chi connectivity index (χ1n) is 9.43. The molecule has 2 aromatic rings. The van der Waals surface area contributed by atoms with Crippen molar-refractivity contribution in [2.75, 3.05) is 26.2 Å². The molecule has 0 spiro atoms. The van der Waals surface area contributed by atoms with E-state index in [0.717, 1.165) is 16.0 Å². The first-order chi connectivity index (χ1) is 13.2. The third-order valence-corrected chi connectivity index (χ3v) is 5.25. The molecule has 2 aromatic carbocycles. The van der Waals surface area contributed by atoms with Gasteiger partial charge in [-0.15, -0.1) is 0 Å². The highest BCUT2D eigenvalue weighted by Gasteiger charge is 2.48. The molecule has 0 unspecified atom stereocenters. The van der Waals surface area contributed by atoms with Gasteiger partial charge in [-0.1, -0.05) is 67.6 Å². The molecule has 1 heterocycles. The van der Waals surface area contributed by atoms with E-state index < -0.39 is 12.1 Å². The summed E-state index contributed by atoms with van der Waals surface area (Å²) in [5.41, 5.74) is 1.93. The largest absolute Gasteiger partial charge is 0.471 e. The maximum atomic E-state index is 12.8.